The molecule has 0 bridgehead atoms. The van der Waals surface area contributed by atoms with Crippen molar-refractivity contribution in [2.45, 2.75) is 688 Å². The molecule has 0 aromatic rings. The van der Waals surface area contributed by atoms with Gasteiger partial charge in [0.1, 0.15) is 0 Å². The van der Waals surface area contributed by atoms with Crippen LogP contribution in [0.15, 0.2) is 0 Å². The highest BCUT2D eigenvalue weighted by Crippen LogP contribution is 2.23. The second kappa shape index (κ2) is 171. The van der Waals surface area contributed by atoms with Gasteiger partial charge in [-0.3, -0.25) is 0 Å². The first-order valence-corrected chi connectivity index (χ1v) is 60.9. The number of unbranched alkanes of at least 4 members (excludes halogenated alkanes) is 3. The standard InChI is InChI=1S/C9H18O.C9H20O.C8H16O.2C8H18O.C7H16O.7C6H14O.5C5H12O.2C4H10O.C3H8O/c1-8(2)10-9-6-4-3-5-7-9;1-4-6-8-10-9(3)7-5-2;1-7(2)9-8-5-3-4-6-8;1-4-6-7-9-8(3)5-2;1-4-6-8(3)9-7-5-2;1-4-6-8-7(3)5-2;2*1-5-7-6(2,3)4;1-4-5-6(2)7-3;2*1-4-5-7-6(2)3;1-4-6(3)7-5-2;1-3-5-6-7-4-2;1-5(2,3)6-4;1-4-5(2)6-3;2*1-4-6-5(2)3;1-3-5-6-4-2;1-4(2)5-3;1-3-5-4-2;1-3-4-2/h8-9H,3-7H2,1-2H3;9H,4-8H2,1-3H3;7-8H,3-6H2,1-2H3;2*8H,4-7H2,1-3H3;7H,4-6H2,1-3H3;2*5H2,1-4H3;4*6H,4-5H2,1-3H3;3-6H2,1-2H3;1-4H3;3*5H,4H2,1-3H3;3-5H2,1-2H3;4H,1-3H3;3-4H2,1-2H3;3H2,1-2H3. The number of methoxy groups -OCH3 is 5. The Balaban J connectivity index is -0.0000000697. The zero-order valence-electron chi connectivity index (χ0n) is 113. The predicted molar refractivity (Wildman–Crippen MR) is 659 cm³/mol. The van der Waals surface area contributed by atoms with Gasteiger partial charge in [-0.15, -0.1) is 0 Å². The highest BCUT2D eigenvalue weighted by molar-refractivity contribution is 4.68. The van der Waals surface area contributed by atoms with Gasteiger partial charge in [0.15, 0.2) is 0 Å². The maximum Gasteiger partial charge on any atom is 0.0598 e. The zero-order valence-corrected chi connectivity index (χ0v) is 113. The van der Waals surface area contributed by atoms with E-state index < -0.39 is 0 Å². The predicted octanol–water partition coefficient (Wildman–Crippen LogP) is 38.2. The molecule has 2 rings (SSSR count). The maximum atomic E-state index is 5.69. The molecule has 926 valence electrons. The van der Waals surface area contributed by atoms with E-state index in [1.165, 1.54) is 135 Å². The lowest BCUT2D eigenvalue weighted by Crippen LogP contribution is -2.20. The summed E-state index contributed by atoms with van der Waals surface area (Å²) >= 11 is 0. The summed E-state index contributed by atoms with van der Waals surface area (Å²) in [4.78, 5) is 0. The van der Waals surface area contributed by atoms with Gasteiger partial charge >= 0.3 is 0 Å². The average Bonchev–Trinajstić information content (AvgIpc) is 1.91. The molecular formula is C127H292O21. The Morgan fingerprint density at radius 3 is 0.601 bits per heavy atom. The Bertz CT molecular complexity index is 1880. The summed E-state index contributed by atoms with van der Waals surface area (Å²) in [7, 11) is 8.57. The maximum absolute atomic E-state index is 5.69. The molecule has 0 spiro atoms. The third-order valence-corrected chi connectivity index (χ3v) is 19.1. The molecule has 2 aliphatic rings. The molecular weight excluding hydrogens is 1860 g/mol. The van der Waals surface area contributed by atoms with Crippen molar-refractivity contribution in [3.05, 3.63) is 0 Å². The van der Waals surface area contributed by atoms with Crippen LogP contribution in [0.1, 0.15) is 573 Å². The molecule has 0 aromatic carbocycles. The minimum absolute atomic E-state index is 0.0417. The normalized spacial score (nSPS) is 13.1. The van der Waals surface area contributed by atoms with E-state index in [9.17, 15) is 0 Å². The van der Waals surface area contributed by atoms with E-state index >= 15 is 0 Å². The van der Waals surface area contributed by atoms with Crippen LogP contribution >= 0.6 is 0 Å². The number of hydrogen-bond donors (Lipinski definition) is 0. The minimum Gasteiger partial charge on any atom is -0.385 e. The number of hydrogen-bond acceptors (Lipinski definition) is 21. The summed E-state index contributed by atoms with van der Waals surface area (Å²) in [5.74, 6) is 0. The lowest BCUT2D eigenvalue weighted by atomic mass is 9.98. The fourth-order valence-electron chi connectivity index (χ4n) is 9.92. The van der Waals surface area contributed by atoms with Crippen molar-refractivity contribution in [1.82, 2.24) is 0 Å². The monoisotopic (exact) mass is 2150 g/mol. The van der Waals surface area contributed by atoms with E-state index in [0.29, 0.717) is 97.7 Å². The first-order valence-electron chi connectivity index (χ1n) is 60.9. The van der Waals surface area contributed by atoms with E-state index in [4.69, 9.17) is 94.7 Å². The summed E-state index contributed by atoms with van der Waals surface area (Å²) in [6.07, 6.45) is 43.9. The van der Waals surface area contributed by atoms with Crippen molar-refractivity contribution in [2.24, 2.45) is 0 Å². The van der Waals surface area contributed by atoms with Gasteiger partial charge in [0.25, 0.3) is 0 Å². The van der Waals surface area contributed by atoms with Crippen LogP contribution in [0.2, 0.25) is 0 Å². The quantitative estimate of drug-likeness (QED) is 0.0521. The van der Waals surface area contributed by atoms with Gasteiger partial charge in [0.05, 0.1) is 114 Å². The van der Waals surface area contributed by atoms with Crippen LogP contribution in [0.25, 0.3) is 0 Å². The highest BCUT2D eigenvalue weighted by Gasteiger charge is 2.17. The lowest BCUT2D eigenvalue weighted by molar-refractivity contribution is -0.0118. The Labute approximate surface area is 936 Å². The summed E-state index contributed by atoms with van der Waals surface area (Å²) in [6.45, 7) is 130. The lowest BCUT2D eigenvalue weighted by Gasteiger charge is -2.23. The van der Waals surface area contributed by atoms with Gasteiger partial charge < -0.3 is 99.5 Å². The van der Waals surface area contributed by atoms with Crippen LogP contribution in [0.3, 0.4) is 0 Å². The van der Waals surface area contributed by atoms with Gasteiger partial charge in [0, 0.05) is 154 Å². The van der Waals surface area contributed by atoms with E-state index in [2.05, 4.69) is 254 Å². The van der Waals surface area contributed by atoms with E-state index in [0.717, 1.165) is 177 Å². The zero-order chi connectivity index (χ0) is 120. The van der Waals surface area contributed by atoms with Crippen molar-refractivity contribution < 1.29 is 99.5 Å². The van der Waals surface area contributed by atoms with Crippen LogP contribution in [0, 0.1) is 0 Å². The molecule has 0 aromatic heterocycles. The fraction of sp³-hybridized carbons (Fsp3) is 1.00. The van der Waals surface area contributed by atoms with Crippen LogP contribution in [0.4, 0.5) is 0 Å². The molecule has 0 aliphatic heterocycles. The molecule has 0 amide bonds. The van der Waals surface area contributed by atoms with Crippen LogP contribution in [-0.2, 0) is 99.5 Å². The molecule has 2 aliphatic carbocycles. The second-order valence-electron chi connectivity index (χ2n) is 41.0. The van der Waals surface area contributed by atoms with Gasteiger partial charge in [-0.1, -0.05) is 174 Å². The minimum atomic E-state index is 0.0417. The van der Waals surface area contributed by atoms with E-state index in [-0.39, 0.29) is 16.8 Å². The summed E-state index contributed by atoms with van der Waals surface area (Å²) in [6, 6.07) is 0. The Morgan fingerprint density at radius 2 is 0.446 bits per heavy atom. The fourth-order valence-corrected chi connectivity index (χ4v) is 9.92. The molecule has 2 fully saturated rings. The topological polar surface area (TPSA) is 194 Å². The number of rotatable bonds is 55. The summed E-state index contributed by atoms with van der Waals surface area (Å²) < 4.78 is 108. The van der Waals surface area contributed by atoms with Crippen molar-refractivity contribution >= 4 is 0 Å². The smallest absolute Gasteiger partial charge is 0.0598 e. The molecule has 0 heterocycles. The first kappa shape index (κ1) is 191. The van der Waals surface area contributed by atoms with Crippen LogP contribution in [-0.4, -0.2) is 269 Å². The summed E-state index contributed by atoms with van der Waals surface area (Å²) in [5, 5.41) is 0. The Hall–Kier alpha value is -0.840. The highest BCUT2D eigenvalue weighted by atomic mass is 16.5. The van der Waals surface area contributed by atoms with Gasteiger partial charge in [-0.2, -0.15) is 0 Å². The van der Waals surface area contributed by atoms with Crippen molar-refractivity contribution in [1.29, 1.82) is 0 Å². The van der Waals surface area contributed by atoms with Crippen molar-refractivity contribution in [3.8, 4) is 0 Å². The van der Waals surface area contributed by atoms with Crippen LogP contribution < -0.4 is 0 Å². The molecule has 2 saturated carbocycles. The van der Waals surface area contributed by atoms with E-state index in [1.807, 2.05) is 132 Å². The van der Waals surface area contributed by atoms with Crippen molar-refractivity contribution in [2.75, 3.05) is 154 Å². The number of ether oxygens (including phenoxy) is 21. The molecule has 0 N–H and O–H groups in total. The van der Waals surface area contributed by atoms with Gasteiger partial charge in [0.2, 0.25) is 0 Å². The van der Waals surface area contributed by atoms with Crippen LogP contribution in [0.5, 0.6) is 0 Å². The molecule has 21 heteroatoms. The molecule has 0 radical (unpaired) electrons. The largest absolute Gasteiger partial charge is 0.385 e. The van der Waals surface area contributed by atoms with Gasteiger partial charge in [-0.05, 0) is 399 Å². The van der Waals surface area contributed by atoms with Crippen molar-refractivity contribution in [3.63, 3.8) is 0 Å². The van der Waals surface area contributed by atoms with Gasteiger partial charge in [-0.25, -0.2) is 0 Å². The Morgan fingerprint density at radius 1 is 0.203 bits per heavy atom. The molecule has 7 atom stereocenters. The SMILES string of the molecule is CC(C)OC1CCCC1.CC(C)OC1CCCCC1.CCC(C)OC.CCCC(C)OC.CCCCOC(C)CC.CCCCOC(C)CCC.CCCCOCC.CCCOC(C)C.CCCOC(C)C.CCCOC(C)CC.CCCOC(C)CCC.CCCOCC.CCOC.CCOC(C)(C)C.CCOC(C)(C)C.CCOC(C)C.CCOC(C)C.CCOC(C)CC.CCOCC.COC(C)(C)C.COC(C)C. The molecule has 0 saturated heterocycles. The molecule has 21 nitrogen and oxygen atoms in total. The third-order valence-electron chi connectivity index (χ3n) is 19.1. The first-order chi connectivity index (χ1) is 69.4. The summed E-state index contributed by atoms with van der Waals surface area (Å²) in [5.41, 5.74) is 0.142. The average molecular weight is 2160 g/mol. The Kier molecular flexibility index (Phi) is 221. The second-order valence-corrected chi connectivity index (χ2v) is 41.0. The molecule has 7 unspecified atom stereocenters. The third kappa shape index (κ3) is 295. The van der Waals surface area contributed by atoms with E-state index in [1.54, 1.807) is 35.5 Å². The molecule has 148 heavy (non-hydrogen) atoms.